The molecule has 0 N–H and O–H groups in total. The lowest BCUT2D eigenvalue weighted by Crippen LogP contribution is -1.81. The Hall–Kier alpha value is -1.24. The van der Waals surface area contributed by atoms with Gasteiger partial charge in [-0.05, 0) is 42.9 Å². The molecular weight excluding hydrogens is 172 g/mol. The number of rotatable bonds is 1. The number of hydrogen-bond acceptors (Lipinski definition) is 1. The highest BCUT2D eigenvalue weighted by atomic mass is 16.3. The van der Waals surface area contributed by atoms with Gasteiger partial charge in [0.05, 0.1) is 0 Å². The Morgan fingerprint density at radius 2 is 2.14 bits per heavy atom. The fraction of sp³-hybridized carbons (Fsp3) is 0.385. The van der Waals surface area contributed by atoms with Gasteiger partial charge in [0.2, 0.25) is 0 Å². The molecule has 0 aliphatic heterocycles. The summed E-state index contributed by atoms with van der Waals surface area (Å²) in [7, 11) is 0. The molecule has 0 radical (unpaired) electrons. The molecule has 2 aromatic rings. The summed E-state index contributed by atoms with van der Waals surface area (Å²) in [5.74, 6) is 2.65. The molecule has 1 heterocycles. The molecule has 1 fully saturated rings. The molecular formula is C13H14O. The molecule has 0 bridgehead atoms. The van der Waals surface area contributed by atoms with Gasteiger partial charge in [0.25, 0.3) is 0 Å². The molecule has 1 nitrogen and oxygen atoms in total. The van der Waals surface area contributed by atoms with E-state index < -0.39 is 0 Å². The molecule has 1 aliphatic rings. The first-order chi connectivity index (χ1) is 6.75. The van der Waals surface area contributed by atoms with Gasteiger partial charge in [-0.15, -0.1) is 0 Å². The van der Waals surface area contributed by atoms with Crippen LogP contribution in [-0.4, -0.2) is 0 Å². The second-order valence-electron chi connectivity index (χ2n) is 4.44. The van der Waals surface area contributed by atoms with Crippen LogP contribution in [0.2, 0.25) is 0 Å². The standard InChI is InChI=1S/C13H14O/c1-8-6-11(8)10-4-3-5-13-12(10)7-9(2)14-13/h3-5,7-8,11H,6H2,1-2H3. The summed E-state index contributed by atoms with van der Waals surface area (Å²) in [6, 6.07) is 8.56. The normalized spacial score (nSPS) is 25.6. The van der Waals surface area contributed by atoms with E-state index in [0.717, 1.165) is 23.2 Å². The number of hydrogen-bond donors (Lipinski definition) is 0. The monoisotopic (exact) mass is 186 g/mol. The second-order valence-corrected chi connectivity index (χ2v) is 4.44. The molecule has 1 aliphatic carbocycles. The van der Waals surface area contributed by atoms with Gasteiger partial charge in [-0.25, -0.2) is 0 Å². The van der Waals surface area contributed by atoms with Crippen molar-refractivity contribution in [2.24, 2.45) is 5.92 Å². The Kier molecular flexibility index (Phi) is 1.52. The minimum atomic E-state index is 0.774. The quantitative estimate of drug-likeness (QED) is 0.659. The van der Waals surface area contributed by atoms with Crippen LogP contribution in [-0.2, 0) is 0 Å². The highest BCUT2D eigenvalue weighted by Gasteiger charge is 2.35. The van der Waals surface area contributed by atoms with Crippen LogP contribution in [0.4, 0.5) is 0 Å². The summed E-state index contributed by atoms with van der Waals surface area (Å²) in [6.07, 6.45) is 1.34. The number of furan rings is 1. The largest absolute Gasteiger partial charge is 0.461 e. The van der Waals surface area contributed by atoms with Crippen molar-refractivity contribution in [2.75, 3.05) is 0 Å². The lowest BCUT2D eigenvalue weighted by molar-refractivity contribution is 0.578. The molecule has 14 heavy (non-hydrogen) atoms. The number of aryl methyl sites for hydroxylation is 1. The summed E-state index contributed by atoms with van der Waals surface area (Å²) in [5, 5.41) is 1.32. The van der Waals surface area contributed by atoms with E-state index in [0.29, 0.717) is 0 Å². The van der Waals surface area contributed by atoms with Crippen molar-refractivity contribution in [2.45, 2.75) is 26.2 Å². The maximum absolute atomic E-state index is 5.62. The van der Waals surface area contributed by atoms with Crippen LogP contribution in [0.3, 0.4) is 0 Å². The third-order valence-electron chi connectivity index (χ3n) is 3.23. The lowest BCUT2D eigenvalue weighted by atomic mass is 10.0. The van der Waals surface area contributed by atoms with E-state index in [4.69, 9.17) is 4.42 Å². The Morgan fingerprint density at radius 3 is 2.86 bits per heavy atom. The van der Waals surface area contributed by atoms with Crippen LogP contribution in [0.15, 0.2) is 28.7 Å². The summed E-state index contributed by atoms with van der Waals surface area (Å²) in [5.41, 5.74) is 2.52. The van der Waals surface area contributed by atoms with Crippen molar-refractivity contribution in [3.05, 3.63) is 35.6 Å². The first-order valence-corrected chi connectivity index (χ1v) is 5.25. The van der Waals surface area contributed by atoms with Gasteiger partial charge in [0, 0.05) is 5.39 Å². The fourth-order valence-electron chi connectivity index (χ4n) is 2.29. The molecule has 1 saturated carbocycles. The van der Waals surface area contributed by atoms with Crippen molar-refractivity contribution in [3.63, 3.8) is 0 Å². The van der Waals surface area contributed by atoms with E-state index >= 15 is 0 Å². The summed E-state index contributed by atoms with van der Waals surface area (Å²) >= 11 is 0. The van der Waals surface area contributed by atoms with Gasteiger partial charge in [0.1, 0.15) is 11.3 Å². The van der Waals surface area contributed by atoms with E-state index in [-0.39, 0.29) is 0 Å². The average Bonchev–Trinajstić information content (AvgIpc) is 2.74. The van der Waals surface area contributed by atoms with Crippen molar-refractivity contribution in [1.82, 2.24) is 0 Å². The van der Waals surface area contributed by atoms with Crippen LogP contribution < -0.4 is 0 Å². The first kappa shape index (κ1) is 8.10. The molecule has 0 spiro atoms. The Labute approximate surface area is 83.7 Å². The van der Waals surface area contributed by atoms with Crippen LogP contribution in [0, 0.1) is 12.8 Å². The van der Waals surface area contributed by atoms with Gasteiger partial charge in [-0.3, -0.25) is 0 Å². The van der Waals surface area contributed by atoms with E-state index in [2.05, 4.69) is 31.2 Å². The smallest absolute Gasteiger partial charge is 0.134 e. The molecule has 3 rings (SSSR count). The van der Waals surface area contributed by atoms with Crippen LogP contribution >= 0.6 is 0 Å². The predicted octanol–water partition coefficient (Wildman–Crippen LogP) is 3.86. The molecule has 1 aromatic carbocycles. The topological polar surface area (TPSA) is 13.1 Å². The minimum Gasteiger partial charge on any atom is -0.461 e. The van der Waals surface area contributed by atoms with E-state index in [1.54, 1.807) is 0 Å². The molecule has 1 aromatic heterocycles. The predicted molar refractivity (Wildman–Crippen MR) is 57.5 cm³/mol. The lowest BCUT2D eigenvalue weighted by Gasteiger charge is -1.99. The second kappa shape index (κ2) is 2.63. The maximum Gasteiger partial charge on any atom is 0.134 e. The molecule has 2 unspecified atom stereocenters. The Balaban J connectivity index is 2.22. The van der Waals surface area contributed by atoms with Gasteiger partial charge in [0.15, 0.2) is 0 Å². The highest BCUT2D eigenvalue weighted by Crippen LogP contribution is 2.49. The zero-order valence-corrected chi connectivity index (χ0v) is 8.58. The van der Waals surface area contributed by atoms with Gasteiger partial charge < -0.3 is 4.42 Å². The Bertz CT molecular complexity index is 481. The first-order valence-electron chi connectivity index (χ1n) is 5.25. The van der Waals surface area contributed by atoms with Crippen LogP contribution in [0.25, 0.3) is 11.0 Å². The summed E-state index contributed by atoms with van der Waals surface area (Å²) in [4.78, 5) is 0. The van der Waals surface area contributed by atoms with Crippen molar-refractivity contribution in [3.8, 4) is 0 Å². The Morgan fingerprint density at radius 1 is 1.36 bits per heavy atom. The third kappa shape index (κ3) is 1.08. The molecule has 1 heteroatoms. The molecule has 0 amide bonds. The maximum atomic E-state index is 5.62. The third-order valence-corrected chi connectivity index (χ3v) is 3.23. The van der Waals surface area contributed by atoms with E-state index in [1.807, 2.05) is 6.92 Å². The minimum absolute atomic E-state index is 0.774. The molecule has 2 atom stereocenters. The average molecular weight is 186 g/mol. The SMILES string of the molecule is Cc1cc2c(C3CC3C)cccc2o1. The van der Waals surface area contributed by atoms with E-state index in [1.165, 1.54) is 17.4 Å². The van der Waals surface area contributed by atoms with Crippen molar-refractivity contribution in [1.29, 1.82) is 0 Å². The molecule has 0 saturated heterocycles. The van der Waals surface area contributed by atoms with Gasteiger partial charge >= 0.3 is 0 Å². The van der Waals surface area contributed by atoms with Crippen LogP contribution in [0.5, 0.6) is 0 Å². The van der Waals surface area contributed by atoms with Crippen molar-refractivity contribution >= 4 is 11.0 Å². The van der Waals surface area contributed by atoms with E-state index in [9.17, 15) is 0 Å². The zero-order chi connectivity index (χ0) is 9.71. The van der Waals surface area contributed by atoms with Crippen LogP contribution in [0.1, 0.15) is 30.6 Å². The van der Waals surface area contributed by atoms with Crippen molar-refractivity contribution < 1.29 is 4.42 Å². The number of benzene rings is 1. The van der Waals surface area contributed by atoms with Gasteiger partial charge in [-0.2, -0.15) is 0 Å². The zero-order valence-electron chi connectivity index (χ0n) is 8.58. The molecule has 72 valence electrons. The van der Waals surface area contributed by atoms with Gasteiger partial charge in [-0.1, -0.05) is 19.1 Å². The number of fused-ring (bicyclic) bond motifs is 1. The summed E-state index contributed by atoms with van der Waals surface area (Å²) < 4.78 is 5.62. The summed E-state index contributed by atoms with van der Waals surface area (Å²) in [6.45, 7) is 4.33. The fourth-order valence-corrected chi connectivity index (χ4v) is 2.29. The highest BCUT2D eigenvalue weighted by molar-refractivity contribution is 5.82.